The van der Waals surface area contributed by atoms with E-state index in [0.717, 1.165) is 32.0 Å². The summed E-state index contributed by atoms with van der Waals surface area (Å²) in [4.78, 5) is 0. The molecule has 0 unspecified atom stereocenters. The van der Waals surface area contributed by atoms with Gasteiger partial charge in [0.05, 0.1) is 12.7 Å². The first-order valence-electron chi connectivity index (χ1n) is 7.91. The van der Waals surface area contributed by atoms with Crippen LogP contribution in [0.3, 0.4) is 0 Å². The molecule has 1 aromatic carbocycles. The molecule has 0 saturated heterocycles. The molecule has 0 radical (unpaired) electrons. The third-order valence-corrected chi connectivity index (χ3v) is 3.49. The first kappa shape index (κ1) is 15.8. The Balaban J connectivity index is 1.76. The quantitative estimate of drug-likeness (QED) is 0.753. The predicted octanol–water partition coefficient (Wildman–Crippen LogP) is 3.42. The van der Waals surface area contributed by atoms with Gasteiger partial charge in [0.15, 0.2) is 0 Å². The molecule has 0 bridgehead atoms. The van der Waals surface area contributed by atoms with Gasteiger partial charge < -0.3 is 5.32 Å². The molecular formula is C18H27N3. The highest BCUT2D eigenvalue weighted by atomic mass is 15.3. The Morgan fingerprint density at radius 1 is 1.24 bits per heavy atom. The van der Waals surface area contributed by atoms with Crippen molar-refractivity contribution in [2.24, 2.45) is 5.92 Å². The van der Waals surface area contributed by atoms with E-state index in [1.165, 1.54) is 23.1 Å². The molecule has 3 nitrogen and oxygen atoms in total. The summed E-state index contributed by atoms with van der Waals surface area (Å²) >= 11 is 0. The normalized spacial score (nSPS) is 11.2. The molecule has 2 aromatic rings. The number of aryl methyl sites for hydroxylation is 2. The zero-order valence-electron chi connectivity index (χ0n) is 13.5. The molecule has 2 rings (SSSR count). The van der Waals surface area contributed by atoms with Crippen LogP contribution in [0.2, 0.25) is 0 Å². The number of aromatic nitrogens is 2. The Hall–Kier alpha value is -1.61. The molecule has 0 saturated carbocycles. The summed E-state index contributed by atoms with van der Waals surface area (Å²) in [6.45, 7) is 9.65. The maximum atomic E-state index is 4.46. The number of rotatable bonds is 8. The first-order chi connectivity index (χ1) is 10.1. The van der Waals surface area contributed by atoms with Gasteiger partial charge >= 0.3 is 0 Å². The van der Waals surface area contributed by atoms with Crippen LogP contribution in [0.4, 0.5) is 0 Å². The van der Waals surface area contributed by atoms with Crippen LogP contribution in [0.5, 0.6) is 0 Å². The van der Waals surface area contributed by atoms with E-state index in [9.17, 15) is 0 Å². The second-order valence-corrected chi connectivity index (χ2v) is 6.24. The highest BCUT2D eigenvalue weighted by molar-refractivity contribution is 5.22. The van der Waals surface area contributed by atoms with Gasteiger partial charge in [0, 0.05) is 6.20 Å². The van der Waals surface area contributed by atoms with Gasteiger partial charge in [0.25, 0.3) is 0 Å². The largest absolute Gasteiger partial charge is 0.316 e. The lowest BCUT2D eigenvalue weighted by atomic mass is 10.1. The van der Waals surface area contributed by atoms with Gasteiger partial charge in [-0.15, -0.1) is 0 Å². The third-order valence-electron chi connectivity index (χ3n) is 3.49. The van der Waals surface area contributed by atoms with Crippen molar-refractivity contribution in [2.45, 2.75) is 40.2 Å². The summed E-state index contributed by atoms with van der Waals surface area (Å²) in [6.07, 6.45) is 6.44. The van der Waals surface area contributed by atoms with Crippen molar-refractivity contribution in [3.63, 3.8) is 0 Å². The van der Waals surface area contributed by atoms with Crippen molar-refractivity contribution in [3.8, 4) is 0 Å². The second-order valence-electron chi connectivity index (χ2n) is 6.24. The molecule has 0 fully saturated rings. The van der Waals surface area contributed by atoms with E-state index >= 15 is 0 Å². The lowest BCUT2D eigenvalue weighted by molar-refractivity contribution is 0.543. The van der Waals surface area contributed by atoms with E-state index in [1.807, 2.05) is 10.9 Å². The molecule has 3 heteroatoms. The lowest BCUT2D eigenvalue weighted by Gasteiger charge is -2.06. The zero-order valence-corrected chi connectivity index (χ0v) is 13.5. The smallest absolute Gasteiger partial charge is 0.0659 e. The van der Waals surface area contributed by atoms with Gasteiger partial charge in [-0.25, -0.2) is 0 Å². The molecule has 0 spiro atoms. The van der Waals surface area contributed by atoms with E-state index in [4.69, 9.17) is 0 Å². The molecule has 0 aliphatic carbocycles. The Kier molecular flexibility index (Phi) is 6.00. The van der Waals surface area contributed by atoms with Crippen molar-refractivity contribution < 1.29 is 0 Å². The molecule has 0 amide bonds. The first-order valence-corrected chi connectivity index (χ1v) is 7.91. The van der Waals surface area contributed by atoms with E-state index < -0.39 is 0 Å². The van der Waals surface area contributed by atoms with E-state index in [1.54, 1.807) is 0 Å². The maximum absolute atomic E-state index is 4.46. The summed E-state index contributed by atoms with van der Waals surface area (Å²) in [5.41, 5.74) is 3.94. The average Bonchev–Trinajstić information content (AvgIpc) is 2.85. The Morgan fingerprint density at radius 2 is 2.10 bits per heavy atom. The maximum Gasteiger partial charge on any atom is 0.0659 e. The van der Waals surface area contributed by atoms with Crippen molar-refractivity contribution in [1.29, 1.82) is 0 Å². The van der Waals surface area contributed by atoms with Crippen LogP contribution in [-0.4, -0.2) is 22.9 Å². The number of hydrogen-bond donors (Lipinski definition) is 1. The number of nitrogens with one attached hydrogen (secondary N) is 1. The lowest BCUT2D eigenvalue weighted by Crippen LogP contribution is -2.20. The van der Waals surface area contributed by atoms with E-state index in [2.05, 4.69) is 61.6 Å². The molecule has 1 heterocycles. The Morgan fingerprint density at radius 3 is 2.86 bits per heavy atom. The third kappa shape index (κ3) is 5.72. The standard InChI is InChI=1S/C18H27N3/c1-15(2)11-19-9-5-8-18-12-20-21(14-18)13-17-7-4-6-16(3)10-17/h4,6-7,10,12,14-15,19H,5,8-9,11,13H2,1-3H3. The monoisotopic (exact) mass is 285 g/mol. The highest BCUT2D eigenvalue weighted by Gasteiger charge is 2.01. The summed E-state index contributed by atoms with van der Waals surface area (Å²) in [7, 11) is 0. The minimum Gasteiger partial charge on any atom is -0.316 e. The fraction of sp³-hybridized carbons (Fsp3) is 0.500. The Bertz CT molecular complexity index is 543. The molecule has 21 heavy (non-hydrogen) atoms. The second kappa shape index (κ2) is 7.99. The summed E-state index contributed by atoms with van der Waals surface area (Å²) in [5.74, 6) is 0.724. The van der Waals surface area contributed by atoms with Gasteiger partial charge in [-0.05, 0) is 49.9 Å². The van der Waals surface area contributed by atoms with Gasteiger partial charge in [0.1, 0.15) is 0 Å². The van der Waals surface area contributed by atoms with Crippen LogP contribution >= 0.6 is 0 Å². The highest BCUT2D eigenvalue weighted by Crippen LogP contribution is 2.08. The molecule has 0 aliphatic heterocycles. The predicted molar refractivity (Wildman–Crippen MR) is 88.5 cm³/mol. The molecular weight excluding hydrogens is 258 g/mol. The summed E-state index contributed by atoms with van der Waals surface area (Å²) in [5, 5.41) is 7.95. The van der Waals surface area contributed by atoms with E-state index in [0.29, 0.717) is 0 Å². The van der Waals surface area contributed by atoms with Gasteiger partial charge in [-0.2, -0.15) is 5.10 Å². The fourth-order valence-electron chi connectivity index (χ4n) is 2.43. The van der Waals surface area contributed by atoms with Gasteiger partial charge in [-0.3, -0.25) is 4.68 Å². The fourth-order valence-corrected chi connectivity index (χ4v) is 2.43. The van der Waals surface area contributed by atoms with Crippen LogP contribution in [-0.2, 0) is 13.0 Å². The topological polar surface area (TPSA) is 29.9 Å². The van der Waals surface area contributed by atoms with E-state index in [-0.39, 0.29) is 0 Å². The number of nitrogens with zero attached hydrogens (tertiary/aromatic N) is 2. The van der Waals surface area contributed by atoms with Crippen molar-refractivity contribution >= 4 is 0 Å². The van der Waals surface area contributed by atoms with Crippen LogP contribution < -0.4 is 5.32 Å². The van der Waals surface area contributed by atoms with Crippen LogP contribution in [0.1, 0.15) is 37.0 Å². The minimum absolute atomic E-state index is 0.724. The zero-order chi connectivity index (χ0) is 15.1. The molecule has 1 N–H and O–H groups in total. The van der Waals surface area contributed by atoms with Crippen molar-refractivity contribution in [1.82, 2.24) is 15.1 Å². The SMILES string of the molecule is Cc1cccc(Cn2cc(CCCNCC(C)C)cn2)c1. The Labute approximate surface area is 128 Å². The number of benzene rings is 1. The van der Waals surface area contributed by atoms with Crippen LogP contribution in [0, 0.1) is 12.8 Å². The van der Waals surface area contributed by atoms with Crippen LogP contribution in [0.15, 0.2) is 36.7 Å². The van der Waals surface area contributed by atoms with Crippen molar-refractivity contribution in [2.75, 3.05) is 13.1 Å². The molecule has 1 aromatic heterocycles. The van der Waals surface area contributed by atoms with Gasteiger partial charge in [-0.1, -0.05) is 43.7 Å². The molecule has 0 atom stereocenters. The summed E-state index contributed by atoms with van der Waals surface area (Å²) in [6, 6.07) is 8.61. The number of hydrogen-bond acceptors (Lipinski definition) is 2. The molecule has 0 aliphatic rings. The summed E-state index contributed by atoms with van der Waals surface area (Å²) < 4.78 is 2.03. The van der Waals surface area contributed by atoms with Crippen LogP contribution in [0.25, 0.3) is 0 Å². The molecule has 114 valence electrons. The van der Waals surface area contributed by atoms with Crippen molar-refractivity contribution in [3.05, 3.63) is 53.3 Å². The minimum atomic E-state index is 0.724. The average molecular weight is 285 g/mol. The van der Waals surface area contributed by atoms with Gasteiger partial charge in [0.2, 0.25) is 0 Å².